The molecule has 3 heteroatoms. The molecule has 0 aromatic rings. The highest BCUT2D eigenvalue weighted by molar-refractivity contribution is 5.79. The van der Waals surface area contributed by atoms with Crippen molar-refractivity contribution in [2.24, 2.45) is 5.92 Å². The number of carbonyl (C=O) groups is 1. The average Bonchev–Trinajstić information content (AvgIpc) is 2.07. The van der Waals surface area contributed by atoms with Crippen molar-refractivity contribution in [3.8, 4) is 6.19 Å². The van der Waals surface area contributed by atoms with Crippen LogP contribution in [0.2, 0.25) is 0 Å². The fourth-order valence-electron chi connectivity index (χ4n) is 1.52. The standard InChI is InChI=1S/C8H12N2O/c9-6-10-8(11)7-4-2-1-3-5-7/h7H,1-5H2,(H,10,11). The third-order valence-electron chi connectivity index (χ3n) is 2.16. The molecule has 0 aromatic carbocycles. The molecule has 0 spiro atoms. The van der Waals surface area contributed by atoms with Crippen LogP contribution in [0.5, 0.6) is 0 Å². The summed E-state index contributed by atoms with van der Waals surface area (Å²) < 4.78 is 0. The molecule has 1 aliphatic rings. The average molecular weight is 152 g/mol. The number of nitrogens with zero attached hydrogens (tertiary/aromatic N) is 1. The minimum Gasteiger partial charge on any atom is -0.274 e. The van der Waals surface area contributed by atoms with Crippen LogP contribution in [0.1, 0.15) is 32.1 Å². The maximum Gasteiger partial charge on any atom is 0.236 e. The van der Waals surface area contributed by atoms with E-state index in [2.05, 4.69) is 5.32 Å². The molecule has 0 aliphatic heterocycles. The molecule has 0 aromatic heterocycles. The third-order valence-corrected chi connectivity index (χ3v) is 2.16. The molecule has 0 heterocycles. The van der Waals surface area contributed by atoms with E-state index in [0.29, 0.717) is 0 Å². The van der Waals surface area contributed by atoms with Gasteiger partial charge in [0, 0.05) is 5.92 Å². The van der Waals surface area contributed by atoms with Crippen molar-refractivity contribution in [1.82, 2.24) is 5.32 Å². The number of hydrogen-bond acceptors (Lipinski definition) is 2. The van der Waals surface area contributed by atoms with Gasteiger partial charge in [0.05, 0.1) is 0 Å². The van der Waals surface area contributed by atoms with Crippen molar-refractivity contribution in [3.63, 3.8) is 0 Å². The zero-order chi connectivity index (χ0) is 8.10. The van der Waals surface area contributed by atoms with Crippen molar-refractivity contribution >= 4 is 5.91 Å². The van der Waals surface area contributed by atoms with Crippen LogP contribution in [0.4, 0.5) is 0 Å². The van der Waals surface area contributed by atoms with E-state index in [1.54, 1.807) is 6.19 Å². The van der Waals surface area contributed by atoms with Crippen LogP contribution in [0.25, 0.3) is 0 Å². The summed E-state index contributed by atoms with van der Waals surface area (Å²) in [7, 11) is 0. The second-order valence-corrected chi connectivity index (χ2v) is 2.94. The predicted molar refractivity (Wildman–Crippen MR) is 40.3 cm³/mol. The second-order valence-electron chi connectivity index (χ2n) is 2.94. The predicted octanol–water partition coefficient (Wildman–Crippen LogP) is 1.16. The quantitative estimate of drug-likeness (QED) is 0.453. The van der Waals surface area contributed by atoms with Crippen molar-refractivity contribution in [2.45, 2.75) is 32.1 Å². The number of rotatable bonds is 1. The van der Waals surface area contributed by atoms with Gasteiger partial charge in [-0.25, -0.2) is 0 Å². The molecule has 1 N–H and O–H groups in total. The molecule has 0 unspecified atom stereocenters. The number of nitrogens with one attached hydrogen (secondary N) is 1. The highest BCUT2D eigenvalue weighted by atomic mass is 16.1. The Morgan fingerprint density at radius 3 is 2.55 bits per heavy atom. The molecule has 1 rings (SSSR count). The zero-order valence-corrected chi connectivity index (χ0v) is 6.47. The lowest BCUT2D eigenvalue weighted by Gasteiger charge is -2.18. The summed E-state index contributed by atoms with van der Waals surface area (Å²) in [6, 6.07) is 0. The summed E-state index contributed by atoms with van der Waals surface area (Å²) >= 11 is 0. The Hall–Kier alpha value is -1.04. The Morgan fingerprint density at radius 1 is 1.36 bits per heavy atom. The van der Waals surface area contributed by atoms with Gasteiger partial charge >= 0.3 is 0 Å². The largest absolute Gasteiger partial charge is 0.274 e. The highest BCUT2D eigenvalue weighted by Gasteiger charge is 2.20. The van der Waals surface area contributed by atoms with Crippen LogP contribution in [-0.4, -0.2) is 5.91 Å². The van der Waals surface area contributed by atoms with E-state index in [1.165, 1.54) is 6.42 Å². The number of carbonyl (C=O) groups excluding carboxylic acids is 1. The van der Waals surface area contributed by atoms with Gasteiger partial charge < -0.3 is 0 Å². The Balaban J connectivity index is 2.34. The third kappa shape index (κ3) is 2.23. The van der Waals surface area contributed by atoms with Crippen molar-refractivity contribution in [2.75, 3.05) is 0 Å². The van der Waals surface area contributed by atoms with Gasteiger partial charge in [-0.15, -0.1) is 0 Å². The van der Waals surface area contributed by atoms with Gasteiger partial charge in [0.25, 0.3) is 0 Å². The SMILES string of the molecule is N#CNC(=O)C1CCCCC1. The number of nitriles is 1. The molecule has 3 nitrogen and oxygen atoms in total. The summed E-state index contributed by atoms with van der Waals surface area (Å²) in [4.78, 5) is 11.1. The molecule has 0 atom stereocenters. The first-order valence-electron chi connectivity index (χ1n) is 4.03. The van der Waals surface area contributed by atoms with Crippen LogP contribution in [-0.2, 0) is 4.79 Å². The summed E-state index contributed by atoms with van der Waals surface area (Å²) in [6.07, 6.45) is 7.06. The minimum atomic E-state index is -0.0906. The smallest absolute Gasteiger partial charge is 0.236 e. The Morgan fingerprint density at radius 2 is 2.00 bits per heavy atom. The summed E-state index contributed by atoms with van der Waals surface area (Å²) in [5.74, 6) is 0.00981. The maximum absolute atomic E-state index is 11.1. The van der Waals surface area contributed by atoms with Gasteiger partial charge in [0.15, 0.2) is 6.19 Å². The van der Waals surface area contributed by atoms with Crippen molar-refractivity contribution < 1.29 is 4.79 Å². The number of hydrogen-bond donors (Lipinski definition) is 1. The number of amides is 1. The van der Waals surface area contributed by atoms with E-state index in [9.17, 15) is 4.79 Å². The van der Waals surface area contributed by atoms with E-state index in [1.807, 2.05) is 0 Å². The molecule has 1 fully saturated rings. The zero-order valence-electron chi connectivity index (χ0n) is 6.47. The Labute approximate surface area is 66.4 Å². The van der Waals surface area contributed by atoms with Gasteiger partial charge in [-0.3, -0.25) is 10.1 Å². The van der Waals surface area contributed by atoms with Crippen LogP contribution in [0.15, 0.2) is 0 Å². The van der Waals surface area contributed by atoms with Gasteiger partial charge in [0.1, 0.15) is 0 Å². The maximum atomic E-state index is 11.1. The molecule has 1 aliphatic carbocycles. The first-order chi connectivity index (χ1) is 5.34. The van der Waals surface area contributed by atoms with E-state index >= 15 is 0 Å². The lowest BCUT2D eigenvalue weighted by molar-refractivity contribution is -0.124. The fraction of sp³-hybridized carbons (Fsp3) is 0.750. The lowest BCUT2D eigenvalue weighted by Crippen LogP contribution is -2.28. The van der Waals surface area contributed by atoms with Gasteiger partial charge in [-0.1, -0.05) is 19.3 Å². The van der Waals surface area contributed by atoms with E-state index in [-0.39, 0.29) is 11.8 Å². The van der Waals surface area contributed by atoms with Crippen LogP contribution in [0.3, 0.4) is 0 Å². The van der Waals surface area contributed by atoms with E-state index in [0.717, 1.165) is 25.7 Å². The van der Waals surface area contributed by atoms with Gasteiger partial charge in [-0.05, 0) is 12.8 Å². The monoisotopic (exact) mass is 152 g/mol. The van der Waals surface area contributed by atoms with E-state index in [4.69, 9.17) is 5.26 Å². The molecule has 0 saturated heterocycles. The first-order valence-corrected chi connectivity index (χ1v) is 4.03. The molecule has 1 amide bonds. The Kier molecular flexibility index (Phi) is 2.91. The van der Waals surface area contributed by atoms with Gasteiger partial charge in [0.2, 0.25) is 5.91 Å². The second kappa shape index (κ2) is 3.97. The normalized spacial score (nSPS) is 18.8. The lowest BCUT2D eigenvalue weighted by atomic mass is 9.89. The van der Waals surface area contributed by atoms with E-state index < -0.39 is 0 Å². The fourth-order valence-corrected chi connectivity index (χ4v) is 1.52. The van der Waals surface area contributed by atoms with Crippen molar-refractivity contribution in [3.05, 3.63) is 0 Å². The van der Waals surface area contributed by atoms with Gasteiger partial charge in [-0.2, -0.15) is 5.26 Å². The topological polar surface area (TPSA) is 52.9 Å². The highest BCUT2D eigenvalue weighted by Crippen LogP contribution is 2.23. The minimum absolute atomic E-state index is 0.0906. The molecular weight excluding hydrogens is 140 g/mol. The van der Waals surface area contributed by atoms with Crippen LogP contribution in [0, 0.1) is 17.4 Å². The Bertz CT molecular complexity index is 177. The summed E-state index contributed by atoms with van der Waals surface area (Å²) in [5.41, 5.74) is 0. The summed E-state index contributed by atoms with van der Waals surface area (Å²) in [6.45, 7) is 0. The molecule has 60 valence electrons. The molecule has 11 heavy (non-hydrogen) atoms. The molecule has 0 radical (unpaired) electrons. The molecule has 0 bridgehead atoms. The summed E-state index contributed by atoms with van der Waals surface area (Å²) in [5, 5.41) is 10.4. The van der Waals surface area contributed by atoms with Crippen LogP contribution >= 0.6 is 0 Å². The molecular formula is C8H12N2O. The van der Waals surface area contributed by atoms with Crippen LogP contribution < -0.4 is 5.32 Å². The van der Waals surface area contributed by atoms with Crippen molar-refractivity contribution in [1.29, 1.82) is 5.26 Å². The molecule has 1 saturated carbocycles. The first kappa shape index (κ1) is 8.06.